The first-order valence-corrected chi connectivity index (χ1v) is 9.20. The Morgan fingerprint density at radius 3 is 2.67 bits per heavy atom. The van der Waals surface area contributed by atoms with E-state index in [1.165, 1.54) is 19.3 Å². The number of carbonyl (C=O) groups is 1. The Hall–Kier alpha value is -1.56. The maximum atomic E-state index is 12.3. The third-order valence-corrected chi connectivity index (χ3v) is 6.00. The molecule has 6 heteroatoms. The van der Waals surface area contributed by atoms with Gasteiger partial charge in [-0.05, 0) is 47.0 Å². The lowest BCUT2D eigenvalue weighted by atomic mass is 9.51. The van der Waals surface area contributed by atoms with Gasteiger partial charge in [-0.25, -0.2) is 4.79 Å². The summed E-state index contributed by atoms with van der Waals surface area (Å²) in [5, 5.41) is 10.7. The van der Waals surface area contributed by atoms with E-state index in [1.807, 2.05) is 18.5 Å². The number of nitrogens with zero attached hydrogens (tertiary/aromatic N) is 2. The molecule has 2 aliphatic carbocycles. The van der Waals surface area contributed by atoms with E-state index in [2.05, 4.69) is 29.6 Å². The van der Waals surface area contributed by atoms with E-state index in [9.17, 15) is 4.79 Å². The Morgan fingerprint density at radius 1 is 1.38 bits per heavy atom. The molecule has 0 saturated heterocycles. The van der Waals surface area contributed by atoms with Gasteiger partial charge in [-0.15, -0.1) is 0 Å². The number of ether oxygens (including phenoxy) is 1. The summed E-state index contributed by atoms with van der Waals surface area (Å²) in [4.78, 5) is 12.3. The summed E-state index contributed by atoms with van der Waals surface area (Å²) in [6.45, 7) is 10.3. The standard InChI is InChI=1S/C18H30N4O2/c1-5-22-13(4)14(12(3)21-22)11-19-17(23)20-15-10-16(24-6-2)18(15)8-7-9-18/h15-16H,5-11H2,1-4H3,(H2,19,20,23)/t15-,16-/m0/s1. The zero-order chi connectivity index (χ0) is 17.3. The van der Waals surface area contributed by atoms with Crippen molar-refractivity contribution in [2.45, 2.75) is 78.6 Å². The van der Waals surface area contributed by atoms with E-state index in [-0.39, 0.29) is 17.5 Å². The number of aryl methyl sites for hydroxylation is 2. The third-order valence-electron chi connectivity index (χ3n) is 6.00. The Bertz CT molecular complexity index is 606. The smallest absolute Gasteiger partial charge is 0.315 e. The molecular weight excluding hydrogens is 304 g/mol. The molecule has 134 valence electrons. The number of aromatic nitrogens is 2. The molecule has 2 aliphatic rings. The van der Waals surface area contributed by atoms with Crippen LogP contribution in [0.25, 0.3) is 0 Å². The monoisotopic (exact) mass is 334 g/mol. The van der Waals surface area contributed by atoms with Crippen molar-refractivity contribution in [1.82, 2.24) is 20.4 Å². The van der Waals surface area contributed by atoms with Crippen molar-refractivity contribution >= 4 is 6.03 Å². The molecule has 0 radical (unpaired) electrons. The van der Waals surface area contributed by atoms with Gasteiger partial charge in [0.05, 0.1) is 11.8 Å². The molecule has 1 heterocycles. The maximum Gasteiger partial charge on any atom is 0.315 e. The third kappa shape index (κ3) is 2.81. The van der Waals surface area contributed by atoms with E-state index in [0.717, 1.165) is 36.5 Å². The minimum atomic E-state index is -0.0794. The molecule has 1 aromatic heterocycles. The van der Waals surface area contributed by atoms with Crippen molar-refractivity contribution < 1.29 is 9.53 Å². The van der Waals surface area contributed by atoms with Crippen LogP contribution in [0, 0.1) is 19.3 Å². The molecule has 3 rings (SSSR count). The second-order valence-corrected chi connectivity index (χ2v) is 7.11. The molecule has 0 aromatic carbocycles. The highest BCUT2D eigenvalue weighted by molar-refractivity contribution is 5.74. The zero-order valence-corrected chi connectivity index (χ0v) is 15.3. The van der Waals surface area contributed by atoms with Gasteiger partial charge in [0.1, 0.15) is 0 Å². The van der Waals surface area contributed by atoms with Gasteiger partial charge in [0.2, 0.25) is 0 Å². The average Bonchev–Trinajstić information content (AvgIpc) is 2.76. The maximum absolute atomic E-state index is 12.3. The summed E-state index contributed by atoms with van der Waals surface area (Å²) >= 11 is 0. The summed E-state index contributed by atoms with van der Waals surface area (Å²) in [6.07, 6.45) is 4.85. The lowest BCUT2D eigenvalue weighted by Crippen LogP contribution is -2.68. The van der Waals surface area contributed by atoms with Crippen LogP contribution in [0.3, 0.4) is 0 Å². The van der Waals surface area contributed by atoms with Gasteiger partial charge in [-0.1, -0.05) is 6.42 Å². The number of hydrogen-bond donors (Lipinski definition) is 2. The fraction of sp³-hybridized carbons (Fsp3) is 0.778. The van der Waals surface area contributed by atoms with Crippen LogP contribution < -0.4 is 10.6 Å². The number of nitrogens with one attached hydrogen (secondary N) is 2. The molecule has 2 amide bonds. The molecule has 0 bridgehead atoms. The molecular formula is C18H30N4O2. The van der Waals surface area contributed by atoms with Crippen LogP contribution in [0.5, 0.6) is 0 Å². The number of carbonyl (C=O) groups excluding carboxylic acids is 1. The quantitative estimate of drug-likeness (QED) is 0.840. The van der Waals surface area contributed by atoms with Gasteiger partial charge < -0.3 is 15.4 Å². The Balaban J connectivity index is 1.53. The van der Waals surface area contributed by atoms with E-state index < -0.39 is 0 Å². The second-order valence-electron chi connectivity index (χ2n) is 7.11. The van der Waals surface area contributed by atoms with Gasteiger partial charge in [-0.2, -0.15) is 5.10 Å². The zero-order valence-electron chi connectivity index (χ0n) is 15.3. The normalized spacial score (nSPS) is 24.3. The minimum Gasteiger partial charge on any atom is -0.378 e. The minimum absolute atomic E-state index is 0.0794. The summed E-state index contributed by atoms with van der Waals surface area (Å²) in [7, 11) is 0. The molecule has 0 unspecified atom stereocenters. The summed E-state index contributed by atoms with van der Waals surface area (Å²) in [5.74, 6) is 0. The molecule has 2 N–H and O–H groups in total. The highest BCUT2D eigenvalue weighted by Gasteiger charge is 2.59. The highest BCUT2D eigenvalue weighted by atomic mass is 16.5. The van der Waals surface area contributed by atoms with Crippen molar-refractivity contribution in [1.29, 1.82) is 0 Å². The molecule has 1 spiro atoms. The number of amides is 2. The summed E-state index contributed by atoms with van der Waals surface area (Å²) in [5.41, 5.74) is 3.44. The average molecular weight is 334 g/mol. The summed E-state index contributed by atoms with van der Waals surface area (Å²) < 4.78 is 7.82. The number of rotatable bonds is 6. The Morgan fingerprint density at radius 2 is 2.12 bits per heavy atom. The molecule has 2 saturated carbocycles. The van der Waals surface area contributed by atoms with Crippen LogP contribution in [0.15, 0.2) is 0 Å². The van der Waals surface area contributed by atoms with Crippen molar-refractivity contribution in [3.05, 3.63) is 17.0 Å². The lowest BCUT2D eigenvalue weighted by Gasteiger charge is -2.60. The molecule has 2 fully saturated rings. The highest BCUT2D eigenvalue weighted by Crippen LogP contribution is 2.57. The molecule has 0 aliphatic heterocycles. The Labute approximate surface area is 144 Å². The van der Waals surface area contributed by atoms with Crippen molar-refractivity contribution in [3.8, 4) is 0 Å². The van der Waals surface area contributed by atoms with Gasteiger partial charge in [0.25, 0.3) is 0 Å². The second kappa shape index (κ2) is 6.75. The van der Waals surface area contributed by atoms with Crippen LogP contribution in [0.1, 0.15) is 56.5 Å². The van der Waals surface area contributed by atoms with Gasteiger partial charge >= 0.3 is 6.03 Å². The fourth-order valence-corrected chi connectivity index (χ4v) is 4.32. The van der Waals surface area contributed by atoms with Crippen LogP contribution in [-0.2, 0) is 17.8 Å². The van der Waals surface area contributed by atoms with E-state index >= 15 is 0 Å². The lowest BCUT2D eigenvalue weighted by molar-refractivity contribution is -0.169. The van der Waals surface area contributed by atoms with E-state index in [1.54, 1.807) is 0 Å². The first-order valence-electron chi connectivity index (χ1n) is 9.20. The largest absolute Gasteiger partial charge is 0.378 e. The molecule has 24 heavy (non-hydrogen) atoms. The van der Waals surface area contributed by atoms with Gasteiger partial charge in [0.15, 0.2) is 0 Å². The van der Waals surface area contributed by atoms with Crippen LogP contribution in [0.4, 0.5) is 4.79 Å². The number of hydrogen-bond acceptors (Lipinski definition) is 3. The van der Waals surface area contributed by atoms with Crippen LogP contribution >= 0.6 is 0 Å². The van der Waals surface area contributed by atoms with Gasteiger partial charge in [0, 0.05) is 42.4 Å². The summed E-state index contributed by atoms with van der Waals surface area (Å²) in [6, 6.07) is 0.174. The van der Waals surface area contributed by atoms with Crippen molar-refractivity contribution in [3.63, 3.8) is 0 Å². The first-order chi connectivity index (χ1) is 11.5. The van der Waals surface area contributed by atoms with Crippen LogP contribution in [0.2, 0.25) is 0 Å². The van der Waals surface area contributed by atoms with Crippen molar-refractivity contribution in [2.75, 3.05) is 6.61 Å². The number of urea groups is 1. The predicted molar refractivity (Wildman–Crippen MR) is 92.8 cm³/mol. The van der Waals surface area contributed by atoms with Crippen LogP contribution in [-0.4, -0.2) is 34.6 Å². The molecule has 6 nitrogen and oxygen atoms in total. The van der Waals surface area contributed by atoms with E-state index in [4.69, 9.17) is 4.74 Å². The van der Waals surface area contributed by atoms with E-state index in [0.29, 0.717) is 12.6 Å². The fourth-order valence-electron chi connectivity index (χ4n) is 4.32. The predicted octanol–water partition coefficient (Wildman–Crippen LogP) is 2.67. The molecule has 2 atom stereocenters. The van der Waals surface area contributed by atoms with Gasteiger partial charge in [-0.3, -0.25) is 4.68 Å². The van der Waals surface area contributed by atoms with Crippen molar-refractivity contribution in [2.24, 2.45) is 5.41 Å². The Kier molecular flexibility index (Phi) is 4.85. The topological polar surface area (TPSA) is 68.2 Å². The first kappa shape index (κ1) is 17.3. The molecule has 1 aromatic rings. The SMILES string of the molecule is CCO[C@H]1C[C@H](NC(=O)NCc2c(C)nn(CC)c2C)C12CCC2.